The van der Waals surface area contributed by atoms with Gasteiger partial charge in [0.2, 0.25) is 0 Å². The molecule has 1 aromatic heterocycles. The molecule has 0 unspecified atom stereocenters. The van der Waals surface area contributed by atoms with Crippen molar-refractivity contribution in [2.75, 3.05) is 0 Å². The van der Waals surface area contributed by atoms with Crippen LogP contribution in [0, 0.1) is 0 Å². The number of benzene rings is 4. The molecule has 0 bridgehead atoms. The molecule has 1 heterocycles. The van der Waals surface area contributed by atoms with Crippen molar-refractivity contribution in [1.82, 2.24) is 0 Å². The zero-order valence-corrected chi connectivity index (χ0v) is 13.9. The van der Waals surface area contributed by atoms with Gasteiger partial charge in [-0.3, -0.25) is 0 Å². The maximum atomic E-state index is 9.74. The molecule has 5 aromatic rings. The highest BCUT2D eigenvalue weighted by Crippen LogP contribution is 2.38. The Kier molecular flexibility index (Phi) is 3.35. The monoisotopic (exact) mass is 338 g/mol. The number of hydrogen-bond acceptors (Lipinski definition) is 3. The molecule has 0 aliphatic heterocycles. The number of rotatable bonds is 2. The summed E-state index contributed by atoms with van der Waals surface area (Å²) < 4.78 is 6.01. The molecule has 4 heteroatoms. The maximum absolute atomic E-state index is 9.74. The molecule has 5 rings (SSSR count). The lowest BCUT2D eigenvalue weighted by Gasteiger charge is -2.11. The molecule has 0 amide bonds. The minimum atomic E-state index is -1.52. The van der Waals surface area contributed by atoms with Crippen LogP contribution in [0.3, 0.4) is 0 Å². The molecule has 0 saturated carbocycles. The van der Waals surface area contributed by atoms with Gasteiger partial charge in [-0.25, -0.2) is 0 Å². The second kappa shape index (κ2) is 5.73. The van der Waals surface area contributed by atoms with Crippen LogP contribution in [0.4, 0.5) is 0 Å². The van der Waals surface area contributed by atoms with E-state index >= 15 is 0 Å². The van der Waals surface area contributed by atoms with Crippen molar-refractivity contribution in [2.45, 2.75) is 0 Å². The molecule has 0 radical (unpaired) electrons. The van der Waals surface area contributed by atoms with E-state index in [2.05, 4.69) is 18.2 Å². The third-order valence-corrected chi connectivity index (χ3v) is 4.87. The van der Waals surface area contributed by atoms with Gasteiger partial charge in [0.25, 0.3) is 0 Å². The molecule has 124 valence electrons. The molecule has 4 aromatic carbocycles. The molecule has 0 aliphatic rings. The van der Waals surface area contributed by atoms with Gasteiger partial charge >= 0.3 is 7.12 Å². The fraction of sp³-hybridized carbons (Fsp3) is 0. The van der Waals surface area contributed by atoms with Gasteiger partial charge in [0, 0.05) is 10.8 Å². The van der Waals surface area contributed by atoms with Gasteiger partial charge in [0.05, 0.1) is 0 Å². The Labute approximate surface area is 150 Å². The van der Waals surface area contributed by atoms with E-state index in [-0.39, 0.29) is 0 Å². The summed E-state index contributed by atoms with van der Waals surface area (Å²) in [5.41, 5.74) is 4.12. The molecule has 0 saturated heterocycles. The van der Waals surface area contributed by atoms with Gasteiger partial charge in [-0.15, -0.1) is 0 Å². The van der Waals surface area contributed by atoms with Crippen LogP contribution < -0.4 is 5.46 Å². The highest BCUT2D eigenvalue weighted by molar-refractivity contribution is 6.59. The minimum Gasteiger partial charge on any atom is -0.456 e. The first kappa shape index (κ1) is 15.2. The number of hydrogen-bond donors (Lipinski definition) is 2. The standard InChI is InChI=1S/C22H15BO3/c24-23(25)15-12-14-6-1-2-7-16(14)19(13-15)17-9-5-11-21-22(17)18-8-3-4-10-20(18)26-21/h1-13,24-25H. The Morgan fingerprint density at radius 3 is 2.23 bits per heavy atom. The molecule has 3 nitrogen and oxygen atoms in total. The second-order valence-electron chi connectivity index (χ2n) is 6.44. The summed E-state index contributed by atoms with van der Waals surface area (Å²) in [5.74, 6) is 0. The summed E-state index contributed by atoms with van der Waals surface area (Å²) in [4.78, 5) is 0. The summed E-state index contributed by atoms with van der Waals surface area (Å²) >= 11 is 0. The Morgan fingerprint density at radius 2 is 1.38 bits per heavy atom. The van der Waals surface area contributed by atoms with Gasteiger partial charge < -0.3 is 14.5 Å². The van der Waals surface area contributed by atoms with Crippen molar-refractivity contribution in [3.63, 3.8) is 0 Å². The summed E-state index contributed by atoms with van der Waals surface area (Å²) in [6.07, 6.45) is 0. The van der Waals surface area contributed by atoms with E-state index in [0.29, 0.717) is 5.46 Å². The zero-order valence-electron chi connectivity index (χ0n) is 13.9. The van der Waals surface area contributed by atoms with E-state index in [1.165, 1.54) is 0 Å². The smallest absolute Gasteiger partial charge is 0.456 e. The first-order valence-electron chi connectivity index (χ1n) is 8.52. The summed E-state index contributed by atoms with van der Waals surface area (Å²) in [7, 11) is -1.52. The summed E-state index contributed by atoms with van der Waals surface area (Å²) in [6, 6.07) is 25.6. The predicted octanol–water partition coefficient (Wildman–Crippen LogP) is 4.09. The summed E-state index contributed by atoms with van der Waals surface area (Å²) in [6.45, 7) is 0. The highest BCUT2D eigenvalue weighted by Gasteiger charge is 2.18. The highest BCUT2D eigenvalue weighted by atomic mass is 16.4. The lowest BCUT2D eigenvalue weighted by Crippen LogP contribution is -2.29. The average Bonchev–Trinajstić information content (AvgIpc) is 3.06. The van der Waals surface area contributed by atoms with Crippen LogP contribution in [0.15, 0.2) is 83.3 Å². The van der Waals surface area contributed by atoms with Crippen LogP contribution in [0.1, 0.15) is 0 Å². The van der Waals surface area contributed by atoms with Crippen molar-refractivity contribution >= 4 is 45.3 Å². The van der Waals surface area contributed by atoms with E-state index in [9.17, 15) is 10.0 Å². The number of furan rings is 1. The van der Waals surface area contributed by atoms with E-state index in [1.807, 2.05) is 60.7 Å². The van der Waals surface area contributed by atoms with Gasteiger partial charge in [-0.2, -0.15) is 0 Å². The maximum Gasteiger partial charge on any atom is 0.488 e. The van der Waals surface area contributed by atoms with E-state index < -0.39 is 7.12 Å². The van der Waals surface area contributed by atoms with Crippen LogP contribution in [0.2, 0.25) is 0 Å². The topological polar surface area (TPSA) is 53.6 Å². The molecule has 0 aliphatic carbocycles. The van der Waals surface area contributed by atoms with Gasteiger partial charge in [-0.1, -0.05) is 66.7 Å². The van der Waals surface area contributed by atoms with Crippen LogP contribution >= 0.6 is 0 Å². The Hall–Kier alpha value is -3.08. The van der Waals surface area contributed by atoms with Crippen molar-refractivity contribution in [3.05, 3.63) is 78.9 Å². The van der Waals surface area contributed by atoms with Crippen molar-refractivity contribution in [2.24, 2.45) is 0 Å². The predicted molar refractivity (Wildman–Crippen MR) is 106 cm³/mol. The SMILES string of the molecule is OB(O)c1cc(-c2cccc3oc4ccccc4c23)c2ccccc2c1. The number of para-hydroxylation sites is 1. The van der Waals surface area contributed by atoms with Gasteiger partial charge in [0.1, 0.15) is 11.2 Å². The normalized spacial score (nSPS) is 11.5. The van der Waals surface area contributed by atoms with E-state index in [1.54, 1.807) is 0 Å². The molecule has 0 atom stereocenters. The van der Waals surface area contributed by atoms with Crippen LogP contribution in [0.5, 0.6) is 0 Å². The van der Waals surface area contributed by atoms with E-state index in [4.69, 9.17) is 4.42 Å². The molecule has 26 heavy (non-hydrogen) atoms. The zero-order chi connectivity index (χ0) is 17.7. The first-order valence-corrected chi connectivity index (χ1v) is 8.52. The Balaban J connectivity index is 1.94. The average molecular weight is 338 g/mol. The first-order chi connectivity index (χ1) is 12.7. The summed E-state index contributed by atoms with van der Waals surface area (Å²) in [5, 5.41) is 23.6. The molecular formula is C22H15BO3. The largest absolute Gasteiger partial charge is 0.488 e. The van der Waals surface area contributed by atoms with Crippen molar-refractivity contribution < 1.29 is 14.5 Å². The molecule has 2 N–H and O–H groups in total. The molecule has 0 fully saturated rings. The van der Waals surface area contributed by atoms with Gasteiger partial charge in [-0.05, 0) is 39.5 Å². The van der Waals surface area contributed by atoms with Crippen molar-refractivity contribution in [1.29, 1.82) is 0 Å². The molecule has 0 spiro atoms. The molecular weight excluding hydrogens is 323 g/mol. The van der Waals surface area contributed by atoms with Gasteiger partial charge in [0.15, 0.2) is 0 Å². The lowest BCUT2D eigenvalue weighted by atomic mass is 9.77. The Morgan fingerprint density at radius 1 is 0.654 bits per heavy atom. The number of fused-ring (bicyclic) bond motifs is 4. The third-order valence-electron chi connectivity index (χ3n) is 4.87. The van der Waals surface area contributed by atoms with Crippen LogP contribution in [-0.4, -0.2) is 17.2 Å². The fourth-order valence-electron chi connectivity index (χ4n) is 3.70. The Bertz CT molecular complexity index is 1270. The second-order valence-corrected chi connectivity index (χ2v) is 6.44. The quantitative estimate of drug-likeness (QED) is 0.477. The van der Waals surface area contributed by atoms with Crippen LogP contribution in [-0.2, 0) is 0 Å². The van der Waals surface area contributed by atoms with Crippen molar-refractivity contribution in [3.8, 4) is 11.1 Å². The fourth-order valence-corrected chi connectivity index (χ4v) is 3.70. The minimum absolute atomic E-state index is 0.475. The van der Waals surface area contributed by atoms with Crippen LogP contribution in [0.25, 0.3) is 43.8 Å². The lowest BCUT2D eigenvalue weighted by molar-refractivity contribution is 0.426. The van der Waals surface area contributed by atoms with E-state index in [0.717, 1.165) is 43.8 Å². The third kappa shape index (κ3) is 2.24.